The number of aryl methyl sites for hydroxylation is 1. The molecule has 0 N–H and O–H groups in total. The maximum Gasteiger partial charge on any atom is 0.127 e. The van der Waals surface area contributed by atoms with E-state index >= 15 is 0 Å². The average Bonchev–Trinajstić information content (AvgIpc) is 2.08. The van der Waals surface area contributed by atoms with Gasteiger partial charge in [-0.2, -0.15) is 0 Å². The Bertz CT molecular complexity index is 160. The molecule has 0 saturated heterocycles. The molecule has 11 heavy (non-hydrogen) atoms. The molecule has 0 spiro atoms. The summed E-state index contributed by atoms with van der Waals surface area (Å²) in [5.74, 6) is 0.910. The molecule has 2 nitrogen and oxygen atoms in total. The summed E-state index contributed by atoms with van der Waals surface area (Å²) in [6, 6.07) is 1.82. The van der Waals surface area contributed by atoms with Gasteiger partial charge in [-0.1, -0.05) is 27.2 Å². The lowest BCUT2D eigenvalue weighted by Crippen LogP contribution is -1.87. The van der Waals surface area contributed by atoms with Crippen molar-refractivity contribution < 1.29 is 0 Å². The minimum absolute atomic E-state index is 0.910. The predicted molar refractivity (Wildman–Crippen MR) is 47.4 cm³/mol. The minimum Gasteiger partial charge on any atom is -0.241 e. The molecule has 0 saturated carbocycles. The summed E-state index contributed by atoms with van der Waals surface area (Å²) in [7, 11) is 0. The van der Waals surface area contributed by atoms with Crippen LogP contribution in [0.25, 0.3) is 0 Å². The zero-order chi connectivity index (χ0) is 8.53. The normalized spacial score (nSPS) is 8.27. The second-order valence-corrected chi connectivity index (χ2v) is 2.23. The lowest BCUT2D eigenvalue weighted by atomic mass is 10.4. The molecule has 0 amide bonds. The molecule has 0 fully saturated rings. The van der Waals surface area contributed by atoms with E-state index in [0.717, 1.165) is 12.2 Å². The Balaban J connectivity index is 0.000000292. The van der Waals surface area contributed by atoms with Gasteiger partial charge in [0.25, 0.3) is 0 Å². The molecule has 1 aromatic heterocycles. The van der Waals surface area contributed by atoms with Crippen LogP contribution in [0.15, 0.2) is 18.5 Å². The summed E-state index contributed by atoms with van der Waals surface area (Å²) in [5, 5.41) is 0. The van der Waals surface area contributed by atoms with Gasteiger partial charge >= 0.3 is 0 Å². The van der Waals surface area contributed by atoms with E-state index in [1.807, 2.05) is 13.0 Å². The van der Waals surface area contributed by atoms with Crippen LogP contribution in [-0.2, 0) is 6.42 Å². The van der Waals surface area contributed by atoms with E-state index in [1.165, 1.54) is 6.42 Å². The molecule has 0 aromatic carbocycles. The Morgan fingerprint density at radius 1 is 1.09 bits per heavy atom. The van der Waals surface area contributed by atoms with Gasteiger partial charge in [-0.05, 0) is 6.07 Å². The highest BCUT2D eigenvalue weighted by molar-refractivity contribution is 4.86. The summed E-state index contributed by atoms with van der Waals surface area (Å²) < 4.78 is 0. The highest BCUT2D eigenvalue weighted by Gasteiger charge is 1.83. The van der Waals surface area contributed by atoms with Crippen molar-refractivity contribution in [2.75, 3.05) is 0 Å². The van der Waals surface area contributed by atoms with Crippen LogP contribution in [0, 0.1) is 0 Å². The molecular weight excluding hydrogens is 136 g/mol. The zero-order valence-corrected chi connectivity index (χ0v) is 7.54. The highest BCUT2D eigenvalue weighted by atomic mass is 14.8. The van der Waals surface area contributed by atoms with Crippen LogP contribution in [0.4, 0.5) is 0 Å². The smallest absolute Gasteiger partial charge is 0.127 e. The van der Waals surface area contributed by atoms with E-state index in [1.54, 1.807) is 12.4 Å². The Morgan fingerprint density at radius 2 is 1.55 bits per heavy atom. The van der Waals surface area contributed by atoms with Crippen LogP contribution in [0.2, 0.25) is 0 Å². The van der Waals surface area contributed by atoms with Gasteiger partial charge in [0.2, 0.25) is 0 Å². The third-order valence-corrected chi connectivity index (χ3v) is 0.935. The number of rotatable bonds is 1. The summed E-state index contributed by atoms with van der Waals surface area (Å²) in [4.78, 5) is 7.97. The molecular formula is C9H16N2. The van der Waals surface area contributed by atoms with Crippen molar-refractivity contribution in [3.8, 4) is 0 Å². The predicted octanol–water partition coefficient (Wildman–Crippen LogP) is 2.46. The lowest BCUT2D eigenvalue weighted by Gasteiger charge is -1.87. The fraction of sp³-hybridized carbons (Fsp3) is 0.556. The van der Waals surface area contributed by atoms with E-state index < -0.39 is 0 Å². The van der Waals surface area contributed by atoms with Gasteiger partial charge in [-0.15, -0.1) is 0 Å². The first-order valence-electron chi connectivity index (χ1n) is 4.11. The molecule has 2 heteroatoms. The first-order valence-corrected chi connectivity index (χ1v) is 4.11. The molecule has 0 atom stereocenters. The lowest BCUT2D eigenvalue weighted by molar-refractivity contribution is 0.939. The second-order valence-electron chi connectivity index (χ2n) is 2.23. The van der Waals surface area contributed by atoms with Gasteiger partial charge in [-0.25, -0.2) is 9.97 Å². The van der Waals surface area contributed by atoms with Gasteiger partial charge in [0.1, 0.15) is 5.82 Å². The molecule has 1 aromatic rings. The van der Waals surface area contributed by atoms with Crippen molar-refractivity contribution in [2.24, 2.45) is 0 Å². The van der Waals surface area contributed by atoms with Gasteiger partial charge < -0.3 is 0 Å². The van der Waals surface area contributed by atoms with Crippen LogP contribution in [0.3, 0.4) is 0 Å². The molecule has 0 aliphatic rings. The largest absolute Gasteiger partial charge is 0.241 e. The Morgan fingerprint density at radius 3 is 1.82 bits per heavy atom. The van der Waals surface area contributed by atoms with Gasteiger partial charge in [0.15, 0.2) is 0 Å². The SMILES string of the molecule is CCC.CCc1ncccn1. The summed E-state index contributed by atoms with van der Waals surface area (Å²) in [6.45, 7) is 6.29. The maximum absolute atomic E-state index is 3.99. The van der Waals surface area contributed by atoms with Crippen molar-refractivity contribution >= 4 is 0 Å². The van der Waals surface area contributed by atoms with Crippen molar-refractivity contribution in [3.63, 3.8) is 0 Å². The third kappa shape index (κ3) is 5.52. The van der Waals surface area contributed by atoms with Crippen LogP contribution in [-0.4, -0.2) is 9.97 Å². The molecule has 1 rings (SSSR count). The molecule has 0 unspecified atom stereocenters. The second kappa shape index (κ2) is 7.19. The summed E-state index contributed by atoms with van der Waals surface area (Å²) >= 11 is 0. The van der Waals surface area contributed by atoms with Crippen LogP contribution < -0.4 is 0 Å². The number of hydrogen-bond acceptors (Lipinski definition) is 2. The van der Waals surface area contributed by atoms with Crippen molar-refractivity contribution in [1.82, 2.24) is 9.97 Å². The van der Waals surface area contributed by atoms with E-state index in [4.69, 9.17) is 0 Å². The minimum atomic E-state index is 0.910. The van der Waals surface area contributed by atoms with E-state index in [0.29, 0.717) is 0 Å². The standard InChI is InChI=1S/C6H8N2.C3H8/c1-2-6-7-4-3-5-8-6;1-3-2/h3-5H,2H2,1H3;3H2,1-2H3. The Kier molecular flexibility index (Phi) is 6.59. The quantitative estimate of drug-likeness (QED) is 0.617. The Hall–Kier alpha value is -0.920. The van der Waals surface area contributed by atoms with Gasteiger partial charge in [-0.3, -0.25) is 0 Å². The monoisotopic (exact) mass is 152 g/mol. The van der Waals surface area contributed by atoms with Crippen molar-refractivity contribution in [3.05, 3.63) is 24.3 Å². The molecule has 0 bridgehead atoms. The topological polar surface area (TPSA) is 25.8 Å². The first kappa shape index (κ1) is 10.1. The highest BCUT2D eigenvalue weighted by Crippen LogP contribution is 1.85. The maximum atomic E-state index is 3.99. The van der Waals surface area contributed by atoms with Crippen LogP contribution >= 0.6 is 0 Å². The first-order chi connectivity index (χ1) is 5.35. The van der Waals surface area contributed by atoms with Gasteiger partial charge in [0.05, 0.1) is 0 Å². The fourth-order valence-electron chi connectivity index (χ4n) is 0.513. The molecule has 0 radical (unpaired) electrons. The van der Waals surface area contributed by atoms with Gasteiger partial charge in [0, 0.05) is 18.8 Å². The number of nitrogens with zero attached hydrogens (tertiary/aromatic N) is 2. The van der Waals surface area contributed by atoms with E-state index in [-0.39, 0.29) is 0 Å². The fourth-order valence-corrected chi connectivity index (χ4v) is 0.513. The number of aromatic nitrogens is 2. The zero-order valence-electron chi connectivity index (χ0n) is 7.54. The third-order valence-electron chi connectivity index (χ3n) is 0.935. The summed E-state index contributed by atoms with van der Waals surface area (Å²) in [6.07, 6.45) is 5.68. The molecule has 62 valence electrons. The van der Waals surface area contributed by atoms with Crippen LogP contribution in [0.5, 0.6) is 0 Å². The van der Waals surface area contributed by atoms with E-state index in [9.17, 15) is 0 Å². The Labute approximate surface area is 68.7 Å². The molecule has 0 aliphatic carbocycles. The molecule has 1 heterocycles. The van der Waals surface area contributed by atoms with Crippen molar-refractivity contribution in [2.45, 2.75) is 33.6 Å². The van der Waals surface area contributed by atoms with E-state index in [2.05, 4.69) is 23.8 Å². The van der Waals surface area contributed by atoms with Crippen molar-refractivity contribution in [1.29, 1.82) is 0 Å². The van der Waals surface area contributed by atoms with Crippen LogP contribution in [0.1, 0.15) is 33.0 Å². The average molecular weight is 152 g/mol. The summed E-state index contributed by atoms with van der Waals surface area (Å²) in [5.41, 5.74) is 0. The number of hydrogen-bond donors (Lipinski definition) is 0. The molecule has 0 aliphatic heterocycles.